The van der Waals surface area contributed by atoms with Crippen LogP contribution in [-0.4, -0.2) is 17.5 Å². The summed E-state index contributed by atoms with van der Waals surface area (Å²) < 4.78 is 18.6. The van der Waals surface area contributed by atoms with Gasteiger partial charge in [-0.3, -0.25) is 10.1 Å². The smallest absolute Gasteiger partial charge is 0.322 e. The molecule has 0 aromatic heterocycles. The molecule has 0 spiro atoms. The van der Waals surface area contributed by atoms with Gasteiger partial charge in [0.05, 0.1) is 0 Å². The first kappa shape index (κ1) is 17.9. The lowest BCUT2D eigenvalue weighted by Crippen LogP contribution is -2.51. The average molecular weight is 356 g/mol. The molecule has 3 rings (SSSR count). The maximum absolute atomic E-state index is 13.0. The van der Waals surface area contributed by atoms with Crippen molar-refractivity contribution in [3.05, 3.63) is 59.9 Å². The van der Waals surface area contributed by atoms with Crippen LogP contribution in [0.2, 0.25) is 0 Å². The third-order valence-corrected chi connectivity index (χ3v) is 4.78. The molecule has 2 aromatic rings. The number of hydrogen-bond donors (Lipinski definition) is 2. The first-order chi connectivity index (χ1) is 12.4. The normalized spacial score (nSPS) is 20.4. The molecule has 2 aromatic carbocycles. The van der Waals surface area contributed by atoms with Gasteiger partial charge in [0.2, 0.25) is 0 Å². The summed E-state index contributed by atoms with van der Waals surface area (Å²) >= 11 is 0. The van der Waals surface area contributed by atoms with Crippen LogP contribution < -0.4 is 15.4 Å². The van der Waals surface area contributed by atoms with Gasteiger partial charge in [-0.25, -0.2) is 9.18 Å². The van der Waals surface area contributed by atoms with E-state index in [1.165, 1.54) is 12.1 Å². The molecule has 136 valence electrons. The summed E-state index contributed by atoms with van der Waals surface area (Å²) in [5.74, 6) is 0.339. The Morgan fingerprint density at radius 1 is 1.04 bits per heavy atom. The Morgan fingerprint density at radius 2 is 1.62 bits per heavy atom. The fraction of sp³-hybridized carbons (Fsp3) is 0.300. The van der Waals surface area contributed by atoms with Crippen LogP contribution in [0.3, 0.4) is 0 Å². The minimum atomic E-state index is -0.939. The number of amides is 3. The highest BCUT2D eigenvalue weighted by atomic mass is 19.1. The average Bonchev–Trinajstić information content (AvgIpc) is 2.92. The highest BCUT2D eigenvalue weighted by Gasteiger charge is 2.49. The van der Waals surface area contributed by atoms with E-state index < -0.39 is 11.6 Å². The number of imide groups is 1. The Hall–Kier alpha value is -2.89. The van der Waals surface area contributed by atoms with Gasteiger partial charge in [-0.15, -0.1) is 0 Å². The number of urea groups is 1. The van der Waals surface area contributed by atoms with Crippen molar-refractivity contribution in [2.24, 2.45) is 0 Å². The summed E-state index contributed by atoms with van der Waals surface area (Å²) in [6.07, 6.45) is 1.32. The molecule has 2 unspecified atom stereocenters. The largest absolute Gasteiger partial charge is 0.457 e. The Balaban J connectivity index is 1.79. The summed E-state index contributed by atoms with van der Waals surface area (Å²) in [4.78, 5) is 24.1. The van der Waals surface area contributed by atoms with E-state index in [-0.39, 0.29) is 17.6 Å². The van der Waals surface area contributed by atoms with Crippen LogP contribution in [0.15, 0.2) is 48.5 Å². The van der Waals surface area contributed by atoms with Crippen LogP contribution in [0.5, 0.6) is 11.5 Å². The van der Waals surface area contributed by atoms with Crippen molar-refractivity contribution in [3.8, 4) is 11.5 Å². The van der Waals surface area contributed by atoms with Crippen molar-refractivity contribution in [2.75, 3.05) is 0 Å². The zero-order chi connectivity index (χ0) is 18.7. The molecule has 5 nitrogen and oxygen atoms in total. The van der Waals surface area contributed by atoms with E-state index in [1.54, 1.807) is 24.3 Å². The molecule has 2 atom stereocenters. The highest BCUT2D eigenvalue weighted by Crippen LogP contribution is 2.35. The number of rotatable bonds is 6. The van der Waals surface area contributed by atoms with Gasteiger partial charge in [-0.2, -0.15) is 0 Å². The van der Waals surface area contributed by atoms with Crippen molar-refractivity contribution in [1.82, 2.24) is 10.6 Å². The van der Waals surface area contributed by atoms with Gasteiger partial charge in [0.25, 0.3) is 5.91 Å². The van der Waals surface area contributed by atoms with Gasteiger partial charge in [-0.05, 0) is 48.4 Å². The standard InChI is InChI=1S/C20H21FN2O3/c1-3-12-20(18(24)22-19(25)23-20)13(2)14-4-8-16(9-5-14)26-17-10-6-15(21)7-11-17/h4-11,13H,3,12H2,1-2H3,(H2,22,23,24,25). The van der Waals surface area contributed by atoms with Gasteiger partial charge in [-0.1, -0.05) is 32.4 Å². The van der Waals surface area contributed by atoms with Crippen LogP contribution in [0.4, 0.5) is 9.18 Å². The predicted octanol–water partition coefficient (Wildman–Crippen LogP) is 4.10. The number of hydrogen-bond acceptors (Lipinski definition) is 3. The molecular formula is C20H21FN2O3. The van der Waals surface area contributed by atoms with Crippen molar-refractivity contribution < 1.29 is 18.7 Å². The number of carbonyl (C=O) groups is 2. The number of ether oxygens (including phenoxy) is 1. The minimum absolute atomic E-state index is 0.200. The molecule has 6 heteroatoms. The van der Waals surface area contributed by atoms with Gasteiger partial charge >= 0.3 is 6.03 Å². The molecule has 0 aliphatic carbocycles. The van der Waals surface area contributed by atoms with E-state index >= 15 is 0 Å². The van der Waals surface area contributed by atoms with E-state index in [0.717, 1.165) is 12.0 Å². The third-order valence-electron chi connectivity index (χ3n) is 4.78. The second-order valence-corrected chi connectivity index (χ2v) is 6.48. The summed E-state index contributed by atoms with van der Waals surface area (Å²) in [6, 6.07) is 12.7. The lowest BCUT2D eigenvalue weighted by molar-refractivity contribution is -0.125. The fourth-order valence-corrected chi connectivity index (χ4v) is 3.34. The number of nitrogens with one attached hydrogen (secondary N) is 2. The molecule has 2 N–H and O–H groups in total. The number of carbonyl (C=O) groups excluding carboxylic acids is 2. The first-order valence-corrected chi connectivity index (χ1v) is 8.61. The van der Waals surface area contributed by atoms with Crippen LogP contribution in [-0.2, 0) is 4.79 Å². The molecule has 1 saturated heterocycles. The number of benzene rings is 2. The van der Waals surface area contributed by atoms with E-state index in [1.807, 2.05) is 26.0 Å². The Kier molecular flexibility index (Phi) is 4.93. The fourth-order valence-electron chi connectivity index (χ4n) is 3.34. The minimum Gasteiger partial charge on any atom is -0.457 e. The molecule has 1 fully saturated rings. The number of halogens is 1. The lowest BCUT2D eigenvalue weighted by atomic mass is 9.77. The molecule has 0 radical (unpaired) electrons. The van der Waals surface area contributed by atoms with Gasteiger partial charge in [0.15, 0.2) is 0 Å². The second-order valence-electron chi connectivity index (χ2n) is 6.48. The van der Waals surface area contributed by atoms with Gasteiger partial charge in [0, 0.05) is 5.92 Å². The van der Waals surface area contributed by atoms with E-state index in [9.17, 15) is 14.0 Å². The zero-order valence-corrected chi connectivity index (χ0v) is 14.7. The van der Waals surface area contributed by atoms with Crippen molar-refractivity contribution in [3.63, 3.8) is 0 Å². The quantitative estimate of drug-likeness (QED) is 0.766. The summed E-state index contributed by atoms with van der Waals surface area (Å²) in [5.41, 5.74) is -0.0206. The maximum Gasteiger partial charge on any atom is 0.322 e. The molecule has 1 aliphatic rings. The maximum atomic E-state index is 13.0. The monoisotopic (exact) mass is 356 g/mol. The van der Waals surface area contributed by atoms with Crippen molar-refractivity contribution in [1.29, 1.82) is 0 Å². The van der Waals surface area contributed by atoms with Crippen LogP contribution in [0.1, 0.15) is 38.2 Å². The van der Waals surface area contributed by atoms with E-state index in [0.29, 0.717) is 17.9 Å². The first-order valence-electron chi connectivity index (χ1n) is 8.61. The highest BCUT2D eigenvalue weighted by molar-refractivity contribution is 6.07. The zero-order valence-electron chi connectivity index (χ0n) is 14.7. The Labute approximate surface area is 151 Å². The van der Waals surface area contributed by atoms with Crippen LogP contribution >= 0.6 is 0 Å². The third kappa shape index (κ3) is 3.40. The predicted molar refractivity (Wildman–Crippen MR) is 95.6 cm³/mol. The Morgan fingerprint density at radius 3 is 2.12 bits per heavy atom. The molecule has 0 bridgehead atoms. The molecular weight excluding hydrogens is 335 g/mol. The SMILES string of the molecule is CCCC1(C(C)c2ccc(Oc3ccc(F)cc3)cc2)NC(=O)NC1=O. The molecule has 1 aliphatic heterocycles. The summed E-state index contributed by atoms with van der Waals surface area (Å²) in [5, 5.41) is 5.16. The van der Waals surface area contributed by atoms with Crippen LogP contribution in [0.25, 0.3) is 0 Å². The lowest BCUT2D eigenvalue weighted by Gasteiger charge is -2.32. The molecule has 3 amide bonds. The van der Waals surface area contributed by atoms with Gasteiger partial charge in [0.1, 0.15) is 22.9 Å². The van der Waals surface area contributed by atoms with E-state index in [2.05, 4.69) is 10.6 Å². The Bertz CT molecular complexity index is 805. The van der Waals surface area contributed by atoms with Crippen LogP contribution in [0, 0.1) is 5.82 Å². The second kappa shape index (κ2) is 7.15. The molecule has 26 heavy (non-hydrogen) atoms. The topological polar surface area (TPSA) is 67.4 Å². The molecule has 1 heterocycles. The molecule has 0 saturated carbocycles. The summed E-state index contributed by atoms with van der Waals surface area (Å²) in [7, 11) is 0. The summed E-state index contributed by atoms with van der Waals surface area (Å²) in [6.45, 7) is 3.91. The van der Waals surface area contributed by atoms with E-state index in [4.69, 9.17) is 4.74 Å². The van der Waals surface area contributed by atoms with Gasteiger partial charge < -0.3 is 10.1 Å². The van der Waals surface area contributed by atoms with Crippen molar-refractivity contribution >= 4 is 11.9 Å². The van der Waals surface area contributed by atoms with Crippen molar-refractivity contribution in [2.45, 2.75) is 38.1 Å².